The van der Waals surface area contributed by atoms with Gasteiger partial charge in [-0.3, -0.25) is 0 Å². The Labute approximate surface area is 148 Å². The molecule has 0 spiro atoms. The molecule has 0 aliphatic rings. The first-order chi connectivity index (χ1) is 11.4. The highest BCUT2D eigenvalue weighted by atomic mass is 28.4. The van der Waals surface area contributed by atoms with Gasteiger partial charge in [-0.05, 0) is 19.8 Å². The van der Waals surface area contributed by atoms with Crippen molar-refractivity contribution in [3.05, 3.63) is 24.8 Å². The summed E-state index contributed by atoms with van der Waals surface area (Å²) in [6.45, 7) is 12.8. The van der Waals surface area contributed by atoms with Crippen molar-refractivity contribution in [3.63, 3.8) is 0 Å². The number of carbonyl (C=O) groups is 1. The highest BCUT2D eigenvalue weighted by molar-refractivity contribution is 6.60. The van der Waals surface area contributed by atoms with Crippen molar-refractivity contribution in [2.24, 2.45) is 0 Å². The molecule has 0 aromatic rings. The molecular formula is C17H34O6Si. The topological polar surface area (TPSA) is 63.2 Å². The van der Waals surface area contributed by atoms with Crippen LogP contribution in [0.5, 0.6) is 0 Å². The number of ether oxygens (including phenoxy) is 2. The number of esters is 1. The lowest BCUT2D eigenvalue weighted by molar-refractivity contribution is -0.137. The van der Waals surface area contributed by atoms with Crippen LogP contribution in [0.4, 0.5) is 0 Å². The van der Waals surface area contributed by atoms with Crippen molar-refractivity contribution in [3.8, 4) is 0 Å². The van der Waals surface area contributed by atoms with Crippen LogP contribution in [-0.2, 0) is 27.5 Å². The first-order valence-corrected chi connectivity index (χ1v) is 10.0. The van der Waals surface area contributed by atoms with Crippen molar-refractivity contribution in [2.75, 3.05) is 41.2 Å². The fourth-order valence-electron chi connectivity index (χ4n) is 1.57. The second-order valence-electron chi connectivity index (χ2n) is 5.13. The third-order valence-electron chi connectivity index (χ3n) is 2.96. The van der Waals surface area contributed by atoms with Crippen LogP contribution in [0.2, 0.25) is 6.04 Å². The zero-order valence-corrected chi connectivity index (χ0v) is 16.9. The predicted octanol–water partition coefficient (Wildman–Crippen LogP) is 3.36. The van der Waals surface area contributed by atoms with Gasteiger partial charge in [-0.25, -0.2) is 4.79 Å². The van der Waals surface area contributed by atoms with E-state index in [2.05, 4.69) is 17.9 Å². The summed E-state index contributed by atoms with van der Waals surface area (Å²) >= 11 is 0. The lowest BCUT2D eigenvalue weighted by Crippen LogP contribution is -2.42. The zero-order chi connectivity index (χ0) is 18.8. The Morgan fingerprint density at radius 1 is 1.08 bits per heavy atom. The van der Waals surface area contributed by atoms with E-state index in [1.807, 2.05) is 13.8 Å². The Kier molecular flexibility index (Phi) is 17.7. The van der Waals surface area contributed by atoms with E-state index in [-0.39, 0.29) is 5.97 Å². The van der Waals surface area contributed by atoms with Crippen LogP contribution in [-0.4, -0.2) is 55.9 Å². The maximum Gasteiger partial charge on any atom is 0.500 e. The summed E-state index contributed by atoms with van der Waals surface area (Å²) in [7, 11) is 2.46. The second-order valence-corrected chi connectivity index (χ2v) is 8.22. The first-order valence-electron chi connectivity index (χ1n) is 8.08. The van der Waals surface area contributed by atoms with Crippen LogP contribution in [0.3, 0.4) is 0 Å². The second kappa shape index (κ2) is 16.9. The lowest BCUT2D eigenvalue weighted by atomic mass is 10.4. The normalized spacial score (nSPS) is 10.5. The minimum Gasteiger partial charge on any atom is -0.463 e. The molecule has 24 heavy (non-hydrogen) atoms. The average molecular weight is 363 g/mol. The monoisotopic (exact) mass is 362 g/mol. The van der Waals surface area contributed by atoms with Gasteiger partial charge in [0.05, 0.1) is 13.2 Å². The van der Waals surface area contributed by atoms with Crippen LogP contribution in [0.25, 0.3) is 0 Å². The van der Waals surface area contributed by atoms with Gasteiger partial charge in [0.25, 0.3) is 0 Å². The average Bonchev–Trinajstić information content (AvgIpc) is 2.59. The van der Waals surface area contributed by atoms with Gasteiger partial charge in [0.1, 0.15) is 0 Å². The molecule has 7 heteroatoms. The number of unbranched alkanes of at least 4 members (excludes halogenated alkanes) is 1. The summed E-state index contributed by atoms with van der Waals surface area (Å²) < 4.78 is 25.9. The quantitative estimate of drug-likeness (QED) is 0.165. The summed E-state index contributed by atoms with van der Waals surface area (Å²) in [6, 6.07) is 0.771. The smallest absolute Gasteiger partial charge is 0.463 e. The standard InChI is InChI=1S/C10H22O4Si.C7H12O2/c1-10(2)9-14-7-6-8-15(11-3,12-4)13-5;1-3-5-6-9-7(8)4-2/h1,6-9H2,2-5H3;4H,2-3,5-6H2,1H3. The molecule has 0 bridgehead atoms. The molecular weight excluding hydrogens is 328 g/mol. The largest absolute Gasteiger partial charge is 0.500 e. The van der Waals surface area contributed by atoms with Crippen LogP contribution < -0.4 is 0 Å². The molecule has 0 fully saturated rings. The van der Waals surface area contributed by atoms with Crippen molar-refractivity contribution >= 4 is 14.8 Å². The van der Waals surface area contributed by atoms with Gasteiger partial charge < -0.3 is 22.8 Å². The maximum atomic E-state index is 10.3. The van der Waals surface area contributed by atoms with E-state index in [1.54, 1.807) is 21.3 Å². The van der Waals surface area contributed by atoms with Crippen LogP contribution in [0, 0.1) is 0 Å². The molecule has 0 heterocycles. The van der Waals surface area contributed by atoms with Gasteiger partial charge in [0.2, 0.25) is 0 Å². The van der Waals surface area contributed by atoms with Crippen molar-refractivity contribution in [1.82, 2.24) is 0 Å². The van der Waals surface area contributed by atoms with E-state index in [1.165, 1.54) is 6.08 Å². The van der Waals surface area contributed by atoms with Crippen molar-refractivity contribution < 1.29 is 27.5 Å². The third-order valence-corrected chi connectivity index (χ3v) is 5.79. The van der Waals surface area contributed by atoms with Crippen LogP contribution in [0.1, 0.15) is 33.1 Å². The van der Waals surface area contributed by atoms with Gasteiger partial charge in [-0.1, -0.05) is 32.1 Å². The zero-order valence-electron chi connectivity index (χ0n) is 15.9. The molecule has 0 atom stereocenters. The molecule has 142 valence electrons. The molecule has 0 amide bonds. The molecule has 0 aliphatic carbocycles. The maximum absolute atomic E-state index is 10.3. The van der Waals surface area contributed by atoms with E-state index in [4.69, 9.17) is 18.0 Å². The lowest BCUT2D eigenvalue weighted by Gasteiger charge is -2.24. The Balaban J connectivity index is 0. The highest BCUT2D eigenvalue weighted by Gasteiger charge is 2.36. The Hall–Kier alpha value is -0.993. The molecule has 0 saturated carbocycles. The summed E-state index contributed by atoms with van der Waals surface area (Å²) in [5.74, 6) is -0.330. The molecule has 0 aliphatic heterocycles. The summed E-state index contributed by atoms with van der Waals surface area (Å²) in [6.07, 6.45) is 4.02. The number of rotatable bonds is 13. The van der Waals surface area contributed by atoms with Crippen LogP contribution >= 0.6 is 0 Å². The molecule has 0 radical (unpaired) electrons. The molecule has 6 nitrogen and oxygen atoms in total. The van der Waals surface area contributed by atoms with E-state index in [0.717, 1.165) is 30.9 Å². The minimum absolute atomic E-state index is 0.330. The van der Waals surface area contributed by atoms with Crippen LogP contribution in [0.15, 0.2) is 24.8 Å². The SMILES string of the molecule is C=C(C)COCCC[Si](OC)(OC)OC.C=CC(=O)OCCCC. The molecule has 0 unspecified atom stereocenters. The van der Waals surface area contributed by atoms with Gasteiger partial charge in [-0.15, -0.1) is 0 Å². The predicted molar refractivity (Wildman–Crippen MR) is 97.9 cm³/mol. The van der Waals surface area contributed by atoms with Crippen molar-refractivity contribution in [1.29, 1.82) is 0 Å². The van der Waals surface area contributed by atoms with E-state index >= 15 is 0 Å². The summed E-state index contributed by atoms with van der Waals surface area (Å²) in [5, 5.41) is 0. The Morgan fingerprint density at radius 3 is 2.08 bits per heavy atom. The molecule has 0 rings (SSSR count). The summed E-state index contributed by atoms with van der Waals surface area (Å²) in [5.41, 5.74) is 1.03. The fraction of sp³-hybridized carbons (Fsp3) is 0.706. The summed E-state index contributed by atoms with van der Waals surface area (Å²) in [4.78, 5) is 10.3. The van der Waals surface area contributed by atoms with E-state index in [0.29, 0.717) is 19.8 Å². The molecule has 0 aromatic carbocycles. The fourth-order valence-corrected chi connectivity index (χ4v) is 3.26. The van der Waals surface area contributed by atoms with E-state index in [9.17, 15) is 4.79 Å². The Morgan fingerprint density at radius 2 is 1.67 bits per heavy atom. The molecule has 0 saturated heterocycles. The first kappa shape index (κ1) is 25.2. The van der Waals surface area contributed by atoms with Gasteiger partial charge >= 0.3 is 14.8 Å². The van der Waals surface area contributed by atoms with Gasteiger partial charge in [0, 0.05) is 40.1 Å². The Bertz CT molecular complexity index is 334. The molecule has 0 aromatic heterocycles. The minimum atomic E-state index is -2.40. The number of hydrogen-bond donors (Lipinski definition) is 0. The van der Waals surface area contributed by atoms with Crippen molar-refractivity contribution in [2.45, 2.75) is 39.2 Å². The third kappa shape index (κ3) is 14.6. The van der Waals surface area contributed by atoms with E-state index < -0.39 is 8.80 Å². The van der Waals surface area contributed by atoms with Gasteiger partial charge in [-0.2, -0.15) is 0 Å². The number of carbonyl (C=O) groups excluding carboxylic acids is 1. The molecule has 0 N–H and O–H groups in total. The highest BCUT2D eigenvalue weighted by Crippen LogP contribution is 2.14. The van der Waals surface area contributed by atoms with Gasteiger partial charge in [0.15, 0.2) is 0 Å². The number of hydrogen-bond acceptors (Lipinski definition) is 6.